The molecule has 0 unspecified atom stereocenters. The Hall–Kier alpha value is -1.39. The van der Waals surface area contributed by atoms with Crippen molar-refractivity contribution in [3.63, 3.8) is 0 Å². The van der Waals surface area contributed by atoms with E-state index in [9.17, 15) is 14.9 Å². The number of carbonyl (C=O) groups is 1. The van der Waals surface area contributed by atoms with E-state index in [1.807, 2.05) is 0 Å². The fraction of sp³-hybridized carbons (Fsp3) is 0.700. The molecule has 0 saturated heterocycles. The lowest BCUT2D eigenvalue weighted by Crippen LogP contribution is -2.22. The van der Waals surface area contributed by atoms with Crippen LogP contribution in [0.2, 0.25) is 0 Å². The molecule has 0 heterocycles. The summed E-state index contributed by atoms with van der Waals surface area (Å²) in [5.74, 6) is -0.413. The van der Waals surface area contributed by atoms with Crippen LogP contribution in [0.1, 0.15) is 33.6 Å². The van der Waals surface area contributed by atoms with E-state index < -0.39 is 11.6 Å². The van der Waals surface area contributed by atoms with Crippen molar-refractivity contribution in [1.82, 2.24) is 0 Å². The fourth-order valence-electron chi connectivity index (χ4n) is 0.854. The van der Waals surface area contributed by atoms with Crippen LogP contribution in [0, 0.1) is 10.1 Å². The number of esters is 1. The van der Waals surface area contributed by atoms with Crippen molar-refractivity contribution < 1.29 is 14.5 Å². The Morgan fingerprint density at radius 3 is 2.53 bits per heavy atom. The Kier molecular flexibility index (Phi) is 5.59. The molecule has 5 nitrogen and oxygen atoms in total. The molecule has 5 heteroatoms. The molecule has 0 aliphatic heterocycles. The third-order valence-corrected chi connectivity index (χ3v) is 1.37. The predicted octanol–water partition coefficient (Wildman–Crippen LogP) is 1.94. The van der Waals surface area contributed by atoms with E-state index in [0.717, 1.165) is 0 Å². The summed E-state index contributed by atoms with van der Waals surface area (Å²) in [6.07, 6.45) is 3.86. The summed E-state index contributed by atoms with van der Waals surface area (Å²) >= 11 is 0. The Bertz CT molecular complexity index is 253. The molecule has 86 valence electrons. The fourth-order valence-corrected chi connectivity index (χ4v) is 0.854. The van der Waals surface area contributed by atoms with Gasteiger partial charge in [0.25, 0.3) is 0 Å². The highest BCUT2D eigenvalue weighted by molar-refractivity contribution is 5.82. The molecular weight excluding hydrogens is 198 g/mol. The van der Waals surface area contributed by atoms with Gasteiger partial charge < -0.3 is 4.74 Å². The van der Waals surface area contributed by atoms with Gasteiger partial charge in [-0.3, -0.25) is 10.1 Å². The zero-order chi connectivity index (χ0) is 11.9. The summed E-state index contributed by atoms with van der Waals surface area (Å²) in [5.41, 5.74) is -0.498. The van der Waals surface area contributed by atoms with Crippen LogP contribution in [0.5, 0.6) is 0 Å². The van der Waals surface area contributed by atoms with Crippen molar-refractivity contribution >= 4 is 5.97 Å². The second-order valence-electron chi connectivity index (χ2n) is 4.13. The van der Waals surface area contributed by atoms with E-state index in [-0.39, 0.29) is 11.5 Å². The third-order valence-electron chi connectivity index (χ3n) is 1.37. The van der Waals surface area contributed by atoms with E-state index in [0.29, 0.717) is 12.8 Å². The van der Waals surface area contributed by atoms with Crippen LogP contribution in [-0.4, -0.2) is 23.0 Å². The summed E-state index contributed by atoms with van der Waals surface area (Å²) in [6, 6.07) is 0. The second-order valence-corrected chi connectivity index (χ2v) is 4.13. The second kappa shape index (κ2) is 6.16. The molecule has 0 amide bonds. The van der Waals surface area contributed by atoms with Crippen LogP contribution in [0.3, 0.4) is 0 Å². The van der Waals surface area contributed by atoms with Crippen LogP contribution in [-0.2, 0) is 9.53 Å². The van der Waals surface area contributed by atoms with Gasteiger partial charge in [0.1, 0.15) is 5.60 Å². The lowest BCUT2D eigenvalue weighted by molar-refractivity contribution is -0.480. The Labute approximate surface area is 89.3 Å². The first-order valence-corrected chi connectivity index (χ1v) is 4.82. The SMILES string of the molecule is CC(C)(C)OC(=O)/C=C/CCC[N+](=O)[O-]. The van der Waals surface area contributed by atoms with E-state index in [2.05, 4.69) is 0 Å². The van der Waals surface area contributed by atoms with E-state index in [4.69, 9.17) is 4.74 Å². The van der Waals surface area contributed by atoms with Crippen molar-refractivity contribution in [2.45, 2.75) is 39.2 Å². The van der Waals surface area contributed by atoms with Crippen molar-refractivity contribution in [3.05, 3.63) is 22.3 Å². The van der Waals surface area contributed by atoms with E-state index in [1.165, 1.54) is 6.08 Å². The molecule has 15 heavy (non-hydrogen) atoms. The van der Waals surface area contributed by atoms with E-state index >= 15 is 0 Å². The molecule has 0 aromatic carbocycles. The number of nitrogens with zero attached hydrogens (tertiary/aromatic N) is 1. The molecule has 0 aromatic heterocycles. The van der Waals surface area contributed by atoms with Crippen molar-refractivity contribution in [3.8, 4) is 0 Å². The zero-order valence-electron chi connectivity index (χ0n) is 9.36. The average molecular weight is 215 g/mol. The molecule has 0 atom stereocenters. The van der Waals surface area contributed by atoms with Crippen LogP contribution >= 0.6 is 0 Å². The van der Waals surface area contributed by atoms with Crippen molar-refractivity contribution in [2.24, 2.45) is 0 Å². The molecule has 0 aliphatic carbocycles. The van der Waals surface area contributed by atoms with Gasteiger partial charge in [-0.25, -0.2) is 4.79 Å². The summed E-state index contributed by atoms with van der Waals surface area (Å²) in [7, 11) is 0. The van der Waals surface area contributed by atoms with Crippen LogP contribution in [0.15, 0.2) is 12.2 Å². The first-order valence-electron chi connectivity index (χ1n) is 4.82. The number of rotatable bonds is 5. The van der Waals surface area contributed by atoms with Gasteiger partial charge in [-0.1, -0.05) is 6.08 Å². The maximum atomic E-state index is 11.1. The van der Waals surface area contributed by atoms with Gasteiger partial charge in [0.2, 0.25) is 6.54 Å². The minimum Gasteiger partial charge on any atom is -0.457 e. The number of allylic oxidation sites excluding steroid dienone is 1. The van der Waals surface area contributed by atoms with Gasteiger partial charge in [0.05, 0.1) is 0 Å². The van der Waals surface area contributed by atoms with E-state index in [1.54, 1.807) is 26.8 Å². The lowest BCUT2D eigenvalue weighted by Gasteiger charge is -2.17. The average Bonchev–Trinajstić information content (AvgIpc) is 1.99. The van der Waals surface area contributed by atoms with Crippen molar-refractivity contribution in [1.29, 1.82) is 0 Å². The molecular formula is C10H17NO4. The number of ether oxygens (including phenoxy) is 1. The summed E-state index contributed by atoms with van der Waals surface area (Å²) in [5, 5.41) is 9.97. The first kappa shape index (κ1) is 13.6. The lowest BCUT2D eigenvalue weighted by atomic mass is 10.2. The largest absolute Gasteiger partial charge is 0.457 e. The summed E-state index contributed by atoms with van der Waals surface area (Å²) in [4.78, 5) is 20.7. The quantitative estimate of drug-likeness (QED) is 0.231. The van der Waals surface area contributed by atoms with Crippen molar-refractivity contribution in [2.75, 3.05) is 6.54 Å². The topological polar surface area (TPSA) is 69.4 Å². The Morgan fingerprint density at radius 1 is 1.47 bits per heavy atom. The molecule has 0 aliphatic rings. The third kappa shape index (κ3) is 10.5. The highest BCUT2D eigenvalue weighted by Crippen LogP contribution is 2.07. The van der Waals surface area contributed by atoms with Gasteiger partial charge in [-0.2, -0.15) is 0 Å². The monoisotopic (exact) mass is 215 g/mol. The summed E-state index contributed by atoms with van der Waals surface area (Å²) in [6.45, 7) is 5.28. The minimum absolute atomic E-state index is 0.0708. The smallest absolute Gasteiger partial charge is 0.330 e. The predicted molar refractivity (Wildman–Crippen MR) is 56.1 cm³/mol. The molecule has 0 N–H and O–H groups in total. The molecule has 0 rings (SSSR count). The first-order chi connectivity index (χ1) is 6.81. The van der Waals surface area contributed by atoms with Gasteiger partial charge >= 0.3 is 5.97 Å². The zero-order valence-corrected chi connectivity index (χ0v) is 9.36. The number of hydrogen-bond acceptors (Lipinski definition) is 4. The highest BCUT2D eigenvalue weighted by atomic mass is 16.6. The highest BCUT2D eigenvalue weighted by Gasteiger charge is 2.13. The standard InChI is InChI=1S/C10H17NO4/c1-10(2,3)15-9(12)7-5-4-6-8-11(13)14/h5,7H,4,6,8H2,1-3H3/b7-5+. The molecule has 0 bridgehead atoms. The summed E-state index contributed by atoms with van der Waals surface area (Å²) < 4.78 is 5.01. The number of carbonyl (C=O) groups excluding carboxylic acids is 1. The van der Waals surface area contributed by atoms with Crippen LogP contribution in [0.4, 0.5) is 0 Å². The maximum absolute atomic E-state index is 11.1. The van der Waals surface area contributed by atoms with Gasteiger partial charge in [0, 0.05) is 17.4 Å². The van der Waals surface area contributed by atoms with Gasteiger partial charge in [-0.15, -0.1) is 0 Å². The minimum atomic E-state index is -0.498. The Balaban J connectivity index is 3.69. The molecule has 0 spiro atoms. The Morgan fingerprint density at radius 2 is 2.07 bits per heavy atom. The number of unbranched alkanes of at least 4 members (excludes halogenated alkanes) is 1. The van der Waals surface area contributed by atoms with Crippen LogP contribution in [0.25, 0.3) is 0 Å². The molecule has 0 radical (unpaired) electrons. The number of hydrogen-bond donors (Lipinski definition) is 0. The number of nitro groups is 1. The normalized spacial score (nSPS) is 11.7. The van der Waals surface area contributed by atoms with Crippen LogP contribution < -0.4 is 0 Å². The van der Waals surface area contributed by atoms with Gasteiger partial charge in [-0.05, 0) is 27.2 Å². The molecule has 0 saturated carbocycles. The molecule has 0 fully saturated rings. The maximum Gasteiger partial charge on any atom is 0.330 e. The van der Waals surface area contributed by atoms with Gasteiger partial charge in [0.15, 0.2) is 0 Å². The molecule has 0 aromatic rings.